The monoisotopic (exact) mass is 258 g/mol. The molecule has 11 heavy (non-hydrogen) atoms. The van der Waals surface area contributed by atoms with Crippen molar-refractivity contribution in [2.75, 3.05) is 0 Å². The normalized spacial score (nSPS) is 10.7. The van der Waals surface area contributed by atoms with Crippen molar-refractivity contribution in [3.63, 3.8) is 0 Å². The number of rotatable bonds is 0. The van der Waals surface area contributed by atoms with Crippen molar-refractivity contribution in [2.45, 2.75) is 6.92 Å². The standard InChI is InChI=1S/C9H7IO/c1-6-4-8(10)5-7-2-3-11-9(6)7/h2-5H,1H3. The van der Waals surface area contributed by atoms with Crippen molar-refractivity contribution in [1.29, 1.82) is 0 Å². The van der Waals surface area contributed by atoms with E-state index >= 15 is 0 Å². The summed E-state index contributed by atoms with van der Waals surface area (Å²) in [5.74, 6) is 0. The highest BCUT2D eigenvalue weighted by atomic mass is 127. The van der Waals surface area contributed by atoms with E-state index in [1.807, 2.05) is 6.07 Å². The van der Waals surface area contributed by atoms with E-state index in [4.69, 9.17) is 4.42 Å². The molecule has 0 radical (unpaired) electrons. The molecule has 2 rings (SSSR count). The summed E-state index contributed by atoms with van der Waals surface area (Å²) in [6, 6.07) is 6.23. The van der Waals surface area contributed by atoms with Crippen LogP contribution in [-0.4, -0.2) is 0 Å². The maximum atomic E-state index is 5.30. The summed E-state index contributed by atoms with van der Waals surface area (Å²) in [6.07, 6.45) is 1.73. The molecule has 0 aliphatic rings. The fourth-order valence-corrected chi connectivity index (χ4v) is 2.02. The van der Waals surface area contributed by atoms with Gasteiger partial charge < -0.3 is 4.42 Å². The van der Waals surface area contributed by atoms with Crippen LogP contribution in [0.25, 0.3) is 11.0 Å². The zero-order chi connectivity index (χ0) is 7.84. The lowest BCUT2D eigenvalue weighted by Crippen LogP contribution is -1.75. The molecule has 2 aromatic rings. The van der Waals surface area contributed by atoms with E-state index < -0.39 is 0 Å². The number of hydrogen-bond donors (Lipinski definition) is 0. The Bertz CT molecular complexity index is 389. The Morgan fingerprint density at radius 1 is 1.36 bits per heavy atom. The van der Waals surface area contributed by atoms with Gasteiger partial charge >= 0.3 is 0 Å². The Morgan fingerprint density at radius 3 is 3.00 bits per heavy atom. The highest BCUT2D eigenvalue weighted by molar-refractivity contribution is 14.1. The molecule has 0 N–H and O–H groups in total. The number of furan rings is 1. The van der Waals surface area contributed by atoms with E-state index in [0.29, 0.717) is 0 Å². The Morgan fingerprint density at radius 2 is 2.18 bits per heavy atom. The van der Waals surface area contributed by atoms with Crippen LogP contribution < -0.4 is 0 Å². The summed E-state index contributed by atoms with van der Waals surface area (Å²) in [7, 11) is 0. The van der Waals surface area contributed by atoms with Crippen LogP contribution in [0.2, 0.25) is 0 Å². The summed E-state index contributed by atoms with van der Waals surface area (Å²) in [6.45, 7) is 2.06. The summed E-state index contributed by atoms with van der Waals surface area (Å²) >= 11 is 2.31. The van der Waals surface area contributed by atoms with Gasteiger partial charge in [0.15, 0.2) is 0 Å². The highest BCUT2D eigenvalue weighted by Crippen LogP contribution is 2.22. The first kappa shape index (κ1) is 7.16. The van der Waals surface area contributed by atoms with Crippen LogP contribution in [0.15, 0.2) is 28.9 Å². The minimum absolute atomic E-state index is 1.01. The topological polar surface area (TPSA) is 13.1 Å². The molecule has 0 bridgehead atoms. The van der Waals surface area contributed by atoms with Gasteiger partial charge in [-0.15, -0.1) is 0 Å². The summed E-state index contributed by atoms with van der Waals surface area (Å²) in [4.78, 5) is 0. The molecule has 0 spiro atoms. The van der Waals surface area contributed by atoms with Gasteiger partial charge in [-0.05, 0) is 53.3 Å². The largest absolute Gasteiger partial charge is 0.464 e. The molecule has 0 unspecified atom stereocenters. The van der Waals surface area contributed by atoms with E-state index in [9.17, 15) is 0 Å². The predicted octanol–water partition coefficient (Wildman–Crippen LogP) is 3.35. The van der Waals surface area contributed by atoms with Crippen LogP contribution in [0.3, 0.4) is 0 Å². The third kappa shape index (κ3) is 1.15. The molecular formula is C9H7IO. The quantitative estimate of drug-likeness (QED) is 0.660. The third-order valence-electron chi connectivity index (χ3n) is 1.70. The molecule has 1 aromatic carbocycles. The Balaban J connectivity index is 2.91. The first-order chi connectivity index (χ1) is 5.27. The van der Waals surface area contributed by atoms with Crippen LogP contribution in [-0.2, 0) is 0 Å². The molecule has 0 atom stereocenters. The van der Waals surface area contributed by atoms with E-state index in [1.54, 1.807) is 6.26 Å². The number of aryl methyl sites for hydroxylation is 1. The van der Waals surface area contributed by atoms with Crippen LogP contribution >= 0.6 is 22.6 Å². The maximum absolute atomic E-state index is 5.30. The molecular weight excluding hydrogens is 251 g/mol. The average Bonchev–Trinajstić information content (AvgIpc) is 2.34. The van der Waals surface area contributed by atoms with Gasteiger partial charge in [0, 0.05) is 8.96 Å². The molecule has 0 fully saturated rings. The van der Waals surface area contributed by atoms with E-state index in [1.165, 1.54) is 14.5 Å². The fraction of sp³-hybridized carbons (Fsp3) is 0.111. The predicted molar refractivity (Wildman–Crippen MR) is 53.7 cm³/mol. The van der Waals surface area contributed by atoms with Crippen LogP contribution in [0.4, 0.5) is 0 Å². The van der Waals surface area contributed by atoms with Crippen molar-refractivity contribution in [1.82, 2.24) is 0 Å². The van der Waals surface area contributed by atoms with Gasteiger partial charge in [0.1, 0.15) is 5.58 Å². The van der Waals surface area contributed by atoms with Crippen LogP contribution in [0, 0.1) is 10.5 Å². The van der Waals surface area contributed by atoms with Gasteiger partial charge in [0.2, 0.25) is 0 Å². The van der Waals surface area contributed by atoms with Crippen molar-refractivity contribution in [3.8, 4) is 0 Å². The molecule has 1 aromatic heterocycles. The zero-order valence-corrected chi connectivity index (χ0v) is 8.25. The number of hydrogen-bond acceptors (Lipinski definition) is 1. The lowest BCUT2D eigenvalue weighted by Gasteiger charge is -1.94. The van der Waals surface area contributed by atoms with Crippen molar-refractivity contribution >= 4 is 33.6 Å². The number of halogens is 1. The molecule has 56 valence electrons. The van der Waals surface area contributed by atoms with Crippen molar-refractivity contribution < 1.29 is 4.42 Å². The second-order valence-corrected chi connectivity index (χ2v) is 3.81. The summed E-state index contributed by atoms with van der Waals surface area (Å²) in [5, 5.41) is 1.19. The van der Waals surface area contributed by atoms with E-state index in [0.717, 1.165) is 5.58 Å². The summed E-state index contributed by atoms with van der Waals surface area (Å²) in [5.41, 5.74) is 2.21. The second kappa shape index (κ2) is 2.52. The first-order valence-corrected chi connectivity index (χ1v) is 4.48. The van der Waals surface area contributed by atoms with Crippen molar-refractivity contribution in [2.24, 2.45) is 0 Å². The molecule has 0 aliphatic carbocycles. The molecule has 0 aliphatic heterocycles. The smallest absolute Gasteiger partial charge is 0.136 e. The van der Waals surface area contributed by atoms with Crippen LogP contribution in [0.1, 0.15) is 5.56 Å². The third-order valence-corrected chi connectivity index (χ3v) is 2.32. The van der Waals surface area contributed by atoms with E-state index in [2.05, 4.69) is 41.6 Å². The van der Waals surface area contributed by atoms with Gasteiger partial charge in [0.25, 0.3) is 0 Å². The first-order valence-electron chi connectivity index (χ1n) is 3.41. The Kier molecular flexibility index (Phi) is 1.64. The van der Waals surface area contributed by atoms with Crippen LogP contribution in [0.5, 0.6) is 0 Å². The number of fused-ring (bicyclic) bond motifs is 1. The minimum Gasteiger partial charge on any atom is -0.464 e. The Labute approximate surface area is 78.5 Å². The van der Waals surface area contributed by atoms with Gasteiger partial charge in [-0.3, -0.25) is 0 Å². The second-order valence-electron chi connectivity index (χ2n) is 2.56. The molecule has 1 heterocycles. The fourth-order valence-electron chi connectivity index (χ4n) is 1.22. The highest BCUT2D eigenvalue weighted by Gasteiger charge is 2.00. The van der Waals surface area contributed by atoms with Gasteiger partial charge in [-0.2, -0.15) is 0 Å². The average molecular weight is 258 g/mol. The van der Waals surface area contributed by atoms with Crippen molar-refractivity contribution in [3.05, 3.63) is 33.6 Å². The lowest BCUT2D eigenvalue weighted by molar-refractivity contribution is 0.613. The zero-order valence-electron chi connectivity index (χ0n) is 6.10. The number of benzene rings is 1. The van der Waals surface area contributed by atoms with Gasteiger partial charge in [0.05, 0.1) is 6.26 Å². The maximum Gasteiger partial charge on any atom is 0.136 e. The molecule has 0 amide bonds. The van der Waals surface area contributed by atoms with E-state index in [-0.39, 0.29) is 0 Å². The summed E-state index contributed by atoms with van der Waals surface area (Å²) < 4.78 is 6.56. The van der Waals surface area contributed by atoms with Gasteiger partial charge in [-0.1, -0.05) is 0 Å². The van der Waals surface area contributed by atoms with Gasteiger partial charge in [-0.25, -0.2) is 0 Å². The minimum atomic E-state index is 1.01. The Hall–Kier alpha value is -0.510. The SMILES string of the molecule is Cc1cc(I)cc2ccoc12. The molecule has 1 nitrogen and oxygen atoms in total. The molecule has 0 saturated carbocycles. The molecule has 0 saturated heterocycles. The lowest BCUT2D eigenvalue weighted by atomic mass is 10.2. The molecule has 2 heteroatoms.